The Hall–Kier alpha value is -6.30. The molecule has 2 atom stereocenters. The monoisotopic (exact) mass is 680 g/mol. The minimum absolute atomic E-state index is 0.0376. The van der Waals surface area contributed by atoms with Crippen molar-refractivity contribution in [3.05, 3.63) is 199 Å². The lowest BCUT2D eigenvalue weighted by Gasteiger charge is -2.40. The molecule has 11 rings (SSSR count). The van der Waals surface area contributed by atoms with Crippen LogP contribution in [0, 0.1) is 0 Å². The Bertz CT molecular complexity index is 2900. The Balaban J connectivity index is 1.05. The number of hydrogen-bond donors (Lipinski definition) is 3. The van der Waals surface area contributed by atoms with Gasteiger partial charge in [0, 0.05) is 21.5 Å². The first-order chi connectivity index (χ1) is 26.3. The number of aromatic nitrogens is 1. The van der Waals surface area contributed by atoms with Crippen LogP contribution in [0.15, 0.2) is 182 Å². The van der Waals surface area contributed by atoms with E-state index in [0.717, 1.165) is 0 Å². The van der Waals surface area contributed by atoms with Crippen molar-refractivity contribution in [1.29, 1.82) is 0 Å². The predicted octanol–water partition coefficient (Wildman–Crippen LogP) is 11.5. The van der Waals surface area contributed by atoms with Gasteiger partial charge in [0.1, 0.15) is 0 Å². The highest BCUT2D eigenvalue weighted by Crippen LogP contribution is 2.43. The Morgan fingerprint density at radius 1 is 0.340 bits per heavy atom. The van der Waals surface area contributed by atoms with E-state index in [1.165, 1.54) is 87.8 Å². The lowest BCUT2D eigenvalue weighted by Crippen LogP contribution is -2.54. The third kappa shape index (κ3) is 4.81. The van der Waals surface area contributed by atoms with Crippen molar-refractivity contribution >= 4 is 48.9 Å². The minimum Gasteiger partial charge on any atom is -0.308 e. The molecule has 0 bridgehead atoms. The summed E-state index contributed by atoms with van der Waals surface area (Å²) < 4.78 is 2.47. The molecular formula is C49H36N4. The Labute approximate surface area is 307 Å². The van der Waals surface area contributed by atoms with Crippen molar-refractivity contribution in [3.63, 3.8) is 0 Å². The summed E-state index contributed by atoms with van der Waals surface area (Å²) in [6.07, 6.45) is -0.179. The minimum atomic E-state index is -0.104. The molecule has 4 heteroatoms. The highest BCUT2D eigenvalue weighted by Gasteiger charge is 2.31. The van der Waals surface area contributed by atoms with Gasteiger partial charge in [-0.15, -0.1) is 0 Å². The van der Waals surface area contributed by atoms with Crippen LogP contribution in [0.3, 0.4) is 0 Å². The largest absolute Gasteiger partial charge is 0.308 e. The number of fused-ring (bicyclic) bond motifs is 7. The van der Waals surface area contributed by atoms with E-state index in [0.29, 0.717) is 0 Å². The van der Waals surface area contributed by atoms with Crippen LogP contribution in [0.25, 0.3) is 71.1 Å². The third-order valence-electron chi connectivity index (χ3n) is 11.3. The molecule has 1 saturated heterocycles. The maximum absolute atomic E-state index is 3.91. The average Bonchev–Trinajstić information content (AvgIpc) is 3.76. The zero-order valence-corrected chi connectivity index (χ0v) is 29.0. The van der Waals surface area contributed by atoms with Crippen molar-refractivity contribution < 1.29 is 0 Å². The first kappa shape index (κ1) is 30.3. The van der Waals surface area contributed by atoms with Gasteiger partial charge in [-0.2, -0.15) is 0 Å². The summed E-state index contributed by atoms with van der Waals surface area (Å²) in [6, 6.07) is 66.2. The number of benzene rings is 8. The summed E-state index contributed by atoms with van der Waals surface area (Å²) in [6.45, 7) is 0. The number of nitrogens with one attached hydrogen (secondary N) is 3. The van der Waals surface area contributed by atoms with Crippen molar-refractivity contribution in [2.75, 3.05) is 0 Å². The summed E-state index contributed by atoms with van der Waals surface area (Å²) in [5.74, 6) is 0. The van der Waals surface area contributed by atoms with E-state index in [1.807, 2.05) is 0 Å². The number of para-hydroxylation sites is 2. The zero-order chi connectivity index (χ0) is 34.9. The second-order valence-electron chi connectivity index (χ2n) is 14.2. The van der Waals surface area contributed by atoms with Crippen molar-refractivity contribution in [2.24, 2.45) is 0 Å². The average molecular weight is 681 g/mol. The summed E-state index contributed by atoms with van der Waals surface area (Å²) in [7, 11) is 0. The van der Waals surface area contributed by atoms with E-state index < -0.39 is 0 Å². The number of rotatable bonds is 5. The van der Waals surface area contributed by atoms with Gasteiger partial charge in [-0.25, -0.2) is 0 Å². The standard InChI is InChI=1S/C49H36N4/c1-3-14-31(15-4-1)47-50-48(32-16-5-2-6-17-32)52-49(51-47)43-22-10-9-20-37(43)38-29-28-34(35-18-7-8-19-36(35)38)33-26-27-40-42-24-13-23-41-39-21-11-12-25-44(39)53(46(41)42)45(40)30-33/h1-30,47-52H. The molecule has 1 aliphatic heterocycles. The summed E-state index contributed by atoms with van der Waals surface area (Å²) in [5.41, 5.74) is 12.3. The van der Waals surface area contributed by atoms with Crippen LogP contribution in [-0.2, 0) is 0 Å². The second-order valence-corrected chi connectivity index (χ2v) is 14.2. The van der Waals surface area contributed by atoms with Crippen LogP contribution in [-0.4, -0.2) is 4.40 Å². The fourth-order valence-corrected chi connectivity index (χ4v) is 8.88. The van der Waals surface area contributed by atoms with Crippen LogP contribution >= 0.6 is 0 Å². The Morgan fingerprint density at radius 2 is 0.868 bits per heavy atom. The second kappa shape index (κ2) is 12.1. The van der Waals surface area contributed by atoms with E-state index in [2.05, 4.69) is 202 Å². The molecule has 53 heavy (non-hydrogen) atoms. The normalized spacial score (nSPS) is 17.8. The SMILES string of the molecule is c1ccc(C2NC(c3ccccc3)NC(c3ccccc3-c3ccc(-c4ccc5c6cccc7c8ccccc8n(c5c4)c76)c4ccccc34)N2)cc1. The van der Waals surface area contributed by atoms with Crippen molar-refractivity contribution in [2.45, 2.75) is 18.5 Å². The molecule has 8 aromatic carbocycles. The first-order valence-corrected chi connectivity index (χ1v) is 18.5. The molecule has 1 fully saturated rings. The maximum Gasteiger partial charge on any atom is 0.0870 e. The number of nitrogens with zero attached hydrogens (tertiary/aromatic N) is 1. The molecule has 3 N–H and O–H groups in total. The molecule has 10 aromatic rings. The fraction of sp³-hybridized carbons (Fsp3) is 0.0612. The molecule has 2 unspecified atom stereocenters. The van der Waals surface area contributed by atoms with Crippen molar-refractivity contribution in [1.82, 2.24) is 20.4 Å². The topological polar surface area (TPSA) is 40.5 Å². The lowest BCUT2D eigenvalue weighted by atomic mass is 9.89. The summed E-state index contributed by atoms with van der Waals surface area (Å²) in [5, 5.41) is 19.3. The molecule has 252 valence electrons. The van der Waals surface area contributed by atoms with E-state index in [9.17, 15) is 0 Å². The van der Waals surface area contributed by atoms with Gasteiger partial charge in [-0.1, -0.05) is 170 Å². The molecule has 1 aliphatic rings. The van der Waals surface area contributed by atoms with E-state index in [4.69, 9.17) is 0 Å². The van der Waals surface area contributed by atoms with E-state index in [1.54, 1.807) is 0 Å². The Morgan fingerprint density at radius 3 is 1.58 bits per heavy atom. The molecule has 0 aliphatic carbocycles. The molecule has 0 amide bonds. The molecule has 0 spiro atoms. The number of hydrogen-bond acceptors (Lipinski definition) is 3. The van der Waals surface area contributed by atoms with Gasteiger partial charge < -0.3 is 4.40 Å². The molecule has 3 heterocycles. The maximum atomic E-state index is 3.91. The van der Waals surface area contributed by atoms with Crippen LogP contribution in [0.2, 0.25) is 0 Å². The third-order valence-corrected chi connectivity index (χ3v) is 11.3. The highest BCUT2D eigenvalue weighted by molar-refractivity contribution is 6.23. The lowest BCUT2D eigenvalue weighted by molar-refractivity contribution is 0.203. The quantitative estimate of drug-likeness (QED) is 0.169. The first-order valence-electron chi connectivity index (χ1n) is 18.5. The van der Waals surface area contributed by atoms with Gasteiger partial charge in [-0.3, -0.25) is 16.0 Å². The van der Waals surface area contributed by atoms with E-state index in [-0.39, 0.29) is 18.5 Å². The van der Waals surface area contributed by atoms with Crippen LogP contribution in [0.5, 0.6) is 0 Å². The summed E-state index contributed by atoms with van der Waals surface area (Å²) in [4.78, 5) is 0. The van der Waals surface area contributed by atoms with E-state index >= 15 is 0 Å². The molecule has 2 aromatic heterocycles. The smallest absolute Gasteiger partial charge is 0.0870 e. The highest BCUT2D eigenvalue weighted by atomic mass is 15.4. The molecular weight excluding hydrogens is 645 g/mol. The van der Waals surface area contributed by atoms with Gasteiger partial charge in [0.25, 0.3) is 0 Å². The predicted molar refractivity (Wildman–Crippen MR) is 220 cm³/mol. The fourth-order valence-electron chi connectivity index (χ4n) is 8.88. The van der Waals surface area contributed by atoms with Crippen LogP contribution in [0.1, 0.15) is 35.2 Å². The van der Waals surface area contributed by atoms with Gasteiger partial charge in [-0.05, 0) is 61.8 Å². The van der Waals surface area contributed by atoms with Crippen LogP contribution < -0.4 is 16.0 Å². The van der Waals surface area contributed by atoms with Crippen molar-refractivity contribution in [3.8, 4) is 22.3 Å². The van der Waals surface area contributed by atoms with Gasteiger partial charge in [0.2, 0.25) is 0 Å². The molecule has 0 saturated carbocycles. The molecule has 0 radical (unpaired) electrons. The van der Waals surface area contributed by atoms with Gasteiger partial charge >= 0.3 is 0 Å². The molecule has 4 nitrogen and oxygen atoms in total. The Kier molecular flexibility index (Phi) is 6.95. The van der Waals surface area contributed by atoms with Gasteiger partial charge in [0.15, 0.2) is 0 Å². The van der Waals surface area contributed by atoms with Crippen LogP contribution in [0.4, 0.5) is 0 Å². The van der Waals surface area contributed by atoms with Gasteiger partial charge in [0.05, 0.1) is 35.0 Å². The zero-order valence-electron chi connectivity index (χ0n) is 29.0. The summed E-state index contributed by atoms with van der Waals surface area (Å²) >= 11 is 0.